The minimum absolute atomic E-state index is 0.180. The quantitative estimate of drug-likeness (QED) is 0.452. The first-order chi connectivity index (χ1) is 17.6. The molecule has 1 amide bonds. The number of carbonyl (C=O) groups is 1. The molecule has 3 aromatic rings. The first-order valence-corrected chi connectivity index (χ1v) is 12.5. The van der Waals surface area contributed by atoms with E-state index in [1.165, 1.54) is 18.4 Å². The molecule has 0 bridgehead atoms. The summed E-state index contributed by atoms with van der Waals surface area (Å²) >= 11 is 0. The van der Waals surface area contributed by atoms with Crippen molar-refractivity contribution in [2.45, 2.75) is 44.9 Å². The van der Waals surface area contributed by atoms with Gasteiger partial charge in [0.15, 0.2) is 0 Å². The molecule has 1 atom stereocenters. The Hall–Kier alpha value is -3.49. The second kappa shape index (κ2) is 11.1. The van der Waals surface area contributed by atoms with Crippen LogP contribution in [0.1, 0.15) is 48.5 Å². The number of likely N-dealkylation sites (tertiary alicyclic amines) is 2. The molecule has 1 aromatic carbocycles. The Balaban J connectivity index is 1.34. The van der Waals surface area contributed by atoms with Crippen LogP contribution in [0.4, 0.5) is 11.5 Å². The lowest BCUT2D eigenvalue weighted by Crippen LogP contribution is -2.24. The number of methoxy groups -OCH3 is 1. The van der Waals surface area contributed by atoms with Crippen molar-refractivity contribution in [2.24, 2.45) is 0 Å². The molecule has 2 aliphatic rings. The van der Waals surface area contributed by atoms with Crippen molar-refractivity contribution in [2.75, 3.05) is 32.6 Å². The van der Waals surface area contributed by atoms with E-state index in [1.54, 1.807) is 13.3 Å². The van der Waals surface area contributed by atoms with E-state index in [0.717, 1.165) is 42.3 Å². The van der Waals surface area contributed by atoms with E-state index in [2.05, 4.69) is 33.3 Å². The minimum atomic E-state index is 0.180. The predicted octanol–water partition coefficient (Wildman–Crippen LogP) is 5.05. The van der Waals surface area contributed by atoms with Crippen LogP contribution in [0, 0.1) is 0 Å². The summed E-state index contributed by atoms with van der Waals surface area (Å²) in [5, 5.41) is 3.41. The van der Waals surface area contributed by atoms with Crippen molar-refractivity contribution >= 4 is 17.4 Å². The van der Waals surface area contributed by atoms with Gasteiger partial charge in [0.25, 0.3) is 0 Å². The Labute approximate surface area is 212 Å². The van der Waals surface area contributed by atoms with Gasteiger partial charge in [-0.1, -0.05) is 6.07 Å². The van der Waals surface area contributed by atoms with Crippen molar-refractivity contribution in [1.82, 2.24) is 19.8 Å². The standard InChI is InChI=1S/C28H33N5O3/c1-32-13-3-5-25(32)20-7-12-27(30-16-20)31-22-9-11-26(21(15-22)18-33-14-4-6-28(33)34)36-24-10-8-23(19-35-2)29-17-24/h7-12,15-17,25H,3-6,13-14,18-19H2,1-2H3,(H,30,31)/t25-/m0/s1. The molecule has 1 N–H and O–H groups in total. The van der Waals surface area contributed by atoms with E-state index >= 15 is 0 Å². The highest BCUT2D eigenvalue weighted by atomic mass is 16.5. The average Bonchev–Trinajstić information content (AvgIpc) is 3.50. The normalized spacial score (nSPS) is 18.1. The number of carbonyl (C=O) groups excluding carboxylic acids is 1. The summed E-state index contributed by atoms with van der Waals surface area (Å²) in [6, 6.07) is 14.3. The van der Waals surface area contributed by atoms with Crippen LogP contribution in [0.15, 0.2) is 54.9 Å². The number of hydrogen-bond donors (Lipinski definition) is 1. The fourth-order valence-corrected chi connectivity index (χ4v) is 4.94. The number of ether oxygens (including phenoxy) is 2. The fraction of sp³-hybridized carbons (Fsp3) is 0.393. The number of anilines is 2. The molecule has 2 saturated heterocycles. The average molecular weight is 488 g/mol. The molecule has 2 aromatic heterocycles. The van der Waals surface area contributed by atoms with Gasteiger partial charge in [0.1, 0.15) is 17.3 Å². The van der Waals surface area contributed by atoms with Gasteiger partial charge in [-0.15, -0.1) is 0 Å². The molecule has 0 unspecified atom stereocenters. The lowest BCUT2D eigenvalue weighted by Gasteiger charge is -2.20. The first-order valence-electron chi connectivity index (χ1n) is 12.5. The van der Waals surface area contributed by atoms with Gasteiger partial charge in [0.2, 0.25) is 5.91 Å². The van der Waals surface area contributed by atoms with Gasteiger partial charge in [0.05, 0.1) is 18.5 Å². The number of benzene rings is 1. The second-order valence-corrected chi connectivity index (χ2v) is 9.50. The maximum Gasteiger partial charge on any atom is 0.222 e. The van der Waals surface area contributed by atoms with E-state index in [4.69, 9.17) is 9.47 Å². The molecule has 0 radical (unpaired) electrons. The van der Waals surface area contributed by atoms with Crippen LogP contribution in [0.2, 0.25) is 0 Å². The zero-order valence-corrected chi connectivity index (χ0v) is 20.9. The third-order valence-corrected chi connectivity index (χ3v) is 6.87. The van der Waals surface area contributed by atoms with Gasteiger partial charge in [0, 0.05) is 50.1 Å². The van der Waals surface area contributed by atoms with Crippen LogP contribution in [-0.2, 0) is 22.7 Å². The van der Waals surface area contributed by atoms with Crippen LogP contribution in [0.5, 0.6) is 11.5 Å². The van der Waals surface area contributed by atoms with Crippen molar-refractivity contribution in [3.05, 3.63) is 71.7 Å². The van der Waals surface area contributed by atoms with Crippen molar-refractivity contribution in [1.29, 1.82) is 0 Å². The van der Waals surface area contributed by atoms with E-state index in [-0.39, 0.29) is 5.91 Å². The Morgan fingerprint density at radius 1 is 1.06 bits per heavy atom. The summed E-state index contributed by atoms with van der Waals surface area (Å²) in [6.07, 6.45) is 7.56. The van der Waals surface area contributed by atoms with Gasteiger partial charge in [-0.3, -0.25) is 14.7 Å². The largest absolute Gasteiger partial charge is 0.455 e. The minimum Gasteiger partial charge on any atom is -0.455 e. The van der Waals surface area contributed by atoms with Crippen LogP contribution in [0.3, 0.4) is 0 Å². The van der Waals surface area contributed by atoms with Crippen LogP contribution >= 0.6 is 0 Å². The lowest BCUT2D eigenvalue weighted by molar-refractivity contribution is -0.128. The summed E-state index contributed by atoms with van der Waals surface area (Å²) in [5.41, 5.74) is 3.92. The molecule has 4 heterocycles. The van der Waals surface area contributed by atoms with Gasteiger partial charge in [-0.25, -0.2) is 4.98 Å². The third-order valence-electron chi connectivity index (χ3n) is 6.87. The molecule has 0 aliphatic carbocycles. The molecular weight excluding hydrogens is 454 g/mol. The number of nitrogens with one attached hydrogen (secondary N) is 1. The number of amides is 1. The highest BCUT2D eigenvalue weighted by Gasteiger charge is 2.23. The van der Waals surface area contributed by atoms with E-state index in [9.17, 15) is 4.79 Å². The molecule has 2 fully saturated rings. The summed E-state index contributed by atoms with van der Waals surface area (Å²) in [5.74, 6) is 2.31. The Morgan fingerprint density at radius 3 is 2.64 bits per heavy atom. The smallest absolute Gasteiger partial charge is 0.222 e. The summed E-state index contributed by atoms with van der Waals surface area (Å²) < 4.78 is 11.3. The maximum atomic E-state index is 12.3. The van der Waals surface area contributed by atoms with Crippen LogP contribution in [0.25, 0.3) is 0 Å². The molecule has 2 aliphatic heterocycles. The van der Waals surface area contributed by atoms with Crippen LogP contribution < -0.4 is 10.1 Å². The van der Waals surface area contributed by atoms with E-state index in [0.29, 0.717) is 37.1 Å². The monoisotopic (exact) mass is 487 g/mol. The van der Waals surface area contributed by atoms with E-state index < -0.39 is 0 Å². The van der Waals surface area contributed by atoms with Gasteiger partial charge < -0.3 is 19.7 Å². The summed E-state index contributed by atoms with van der Waals surface area (Å²) in [7, 11) is 3.82. The van der Waals surface area contributed by atoms with Crippen molar-refractivity contribution in [3.8, 4) is 11.5 Å². The van der Waals surface area contributed by atoms with Crippen molar-refractivity contribution in [3.63, 3.8) is 0 Å². The molecule has 0 spiro atoms. The second-order valence-electron chi connectivity index (χ2n) is 9.50. The SMILES string of the molecule is COCc1ccc(Oc2ccc(Nc3ccc([C@@H]4CCCN4C)cn3)cc2CN2CCCC2=O)cn1. The van der Waals surface area contributed by atoms with E-state index in [1.807, 2.05) is 47.5 Å². The molecule has 8 nitrogen and oxygen atoms in total. The lowest BCUT2D eigenvalue weighted by atomic mass is 10.1. The number of aromatic nitrogens is 2. The topological polar surface area (TPSA) is 79.8 Å². The highest BCUT2D eigenvalue weighted by molar-refractivity contribution is 5.78. The number of pyridine rings is 2. The number of rotatable bonds is 9. The number of nitrogens with zero attached hydrogens (tertiary/aromatic N) is 4. The van der Waals surface area contributed by atoms with Gasteiger partial charge in [-0.05, 0) is 74.8 Å². The molecule has 36 heavy (non-hydrogen) atoms. The van der Waals surface area contributed by atoms with Gasteiger partial charge >= 0.3 is 0 Å². The molecule has 0 saturated carbocycles. The predicted molar refractivity (Wildman–Crippen MR) is 138 cm³/mol. The number of hydrogen-bond acceptors (Lipinski definition) is 7. The Bertz CT molecular complexity index is 1180. The highest BCUT2D eigenvalue weighted by Crippen LogP contribution is 2.32. The van der Waals surface area contributed by atoms with Crippen molar-refractivity contribution < 1.29 is 14.3 Å². The molecule has 8 heteroatoms. The first kappa shape index (κ1) is 24.2. The zero-order chi connectivity index (χ0) is 24.9. The Kier molecular flexibility index (Phi) is 7.44. The third kappa shape index (κ3) is 5.66. The zero-order valence-electron chi connectivity index (χ0n) is 20.9. The molecular formula is C28H33N5O3. The summed E-state index contributed by atoms with van der Waals surface area (Å²) in [6.45, 7) is 2.85. The van der Waals surface area contributed by atoms with Crippen LogP contribution in [-0.4, -0.2) is 52.9 Å². The fourth-order valence-electron chi connectivity index (χ4n) is 4.94. The maximum absolute atomic E-state index is 12.3. The Morgan fingerprint density at radius 2 is 1.97 bits per heavy atom. The van der Waals surface area contributed by atoms with Gasteiger partial charge in [-0.2, -0.15) is 0 Å². The summed E-state index contributed by atoms with van der Waals surface area (Å²) in [4.78, 5) is 25.6. The molecule has 5 rings (SSSR count). The molecule has 188 valence electrons.